The number of hydrogen-bond acceptors (Lipinski definition) is 3. The molecule has 2 rings (SSSR count). The number of benzene rings is 2. The van der Waals surface area contributed by atoms with Crippen molar-refractivity contribution in [3.05, 3.63) is 71.8 Å². The lowest BCUT2D eigenvalue weighted by molar-refractivity contribution is -0.171. The largest absolute Gasteiger partial charge is 0.301 e. The topological polar surface area (TPSA) is 41.6 Å². The molecule has 1 amide bonds. The molecule has 0 saturated carbocycles. The first-order valence-corrected chi connectivity index (χ1v) is 7.33. The van der Waals surface area contributed by atoms with E-state index in [2.05, 4.69) is 5.32 Å². The molecule has 4 heteroatoms. The Morgan fingerprint density at radius 2 is 1.59 bits per heavy atom. The van der Waals surface area contributed by atoms with Crippen molar-refractivity contribution in [2.45, 2.75) is 19.0 Å². The molecule has 4 nitrogen and oxygen atoms in total. The molecule has 0 spiro atoms. The highest BCUT2D eigenvalue weighted by Crippen LogP contribution is 2.07. The van der Waals surface area contributed by atoms with E-state index in [4.69, 9.17) is 4.84 Å². The second kappa shape index (κ2) is 8.32. The van der Waals surface area contributed by atoms with Crippen LogP contribution in [0.4, 0.5) is 0 Å². The lowest BCUT2D eigenvalue weighted by Crippen LogP contribution is -2.45. The third kappa shape index (κ3) is 4.69. The molecule has 0 saturated heterocycles. The first-order chi connectivity index (χ1) is 10.7. The van der Waals surface area contributed by atoms with Gasteiger partial charge in [0.05, 0.1) is 13.2 Å². The SMILES string of the molecule is CON(C)C(=O)[C@H](Cc1ccccc1)NCc1ccccc1. The summed E-state index contributed by atoms with van der Waals surface area (Å²) in [6.07, 6.45) is 0.625. The van der Waals surface area contributed by atoms with Gasteiger partial charge in [0.15, 0.2) is 0 Å². The van der Waals surface area contributed by atoms with Crippen molar-refractivity contribution in [1.82, 2.24) is 10.4 Å². The van der Waals surface area contributed by atoms with E-state index in [1.165, 1.54) is 12.2 Å². The molecule has 0 bridgehead atoms. The van der Waals surface area contributed by atoms with Crippen LogP contribution in [0.25, 0.3) is 0 Å². The van der Waals surface area contributed by atoms with Crippen LogP contribution < -0.4 is 5.32 Å². The summed E-state index contributed by atoms with van der Waals surface area (Å²) in [5, 5.41) is 4.60. The number of nitrogens with one attached hydrogen (secondary N) is 1. The Labute approximate surface area is 131 Å². The molecule has 0 heterocycles. The van der Waals surface area contributed by atoms with Crippen LogP contribution in [0.15, 0.2) is 60.7 Å². The van der Waals surface area contributed by atoms with Crippen molar-refractivity contribution in [1.29, 1.82) is 0 Å². The molecule has 0 aliphatic heterocycles. The average Bonchev–Trinajstić information content (AvgIpc) is 2.59. The number of carbonyl (C=O) groups excluding carboxylic acids is 1. The predicted molar refractivity (Wildman–Crippen MR) is 87.0 cm³/mol. The molecule has 0 aliphatic rings. The Balaban J connectivity index is 2.05. The quantitative estimate of drug-likeness (QED) is 0.798. The third-order valence-electron chi connectivity index (χ3n) is 3.56. The van der Waals surface area contributed by atoms with E-state index < -0.39 is 0 Å². The van der Waals surface area contributed by atoms with Gasteiger partial charge in [0.1, 0.15) is 0 Å². The molecule has 1 atom stereocenters. The Kier molecular flexibility index (Phi) is 6.13. The fourth-order valence-electron chi connectivity index (χ4n) is 2.24. The summed E-state index contributed by atoms with van der Waals surface area (Å²) in [6.45, 7) is 0.641. The van der Waals surface area contributed by atoms with Gasteiger partial charge in [-0.05, 0) is 17.5 Å². The van der Waals surface area contributed by atoms with Crippen LogP contribution in [-0.2, 0) is 22.6 Å². The normalized spacial score (nSPS) is 11.9. The molecule has 0 fully saturated rings. The number of rotatable bonds is 7. The van der Waals surface area contributed by atoms with Crippen molar-refractivity contribution in [3.8, 4) is 0 Å². The van der Waals surface area contributed by atoms with Crippen molar-refractivity contribution in [2.75, 3.05) is 14.2 Å². The van der Waals surface area contributed by atoms with Gasteiger partial charge in [0, 0.05) is 13.6 Å². The predicted octanol–water partition coefficient (Wildman–Crippen LogP) is 2.41. The smallest absolute Gasteiger partial charge is 0.263 e. The van der Waals surface area contributed by atoms with Crippen LogP contribution in [0, 0.1) is 0 Å². The van der Waals surface area contributed by atoms with Gasteiger partial charge in [-0.25, -0.2) is 5.06 Å². The standard InChI is InChI=1S/C18H22N2O2/c1-20(22-2)18(21)17(13-15-9-5-3-6-10-15)19-14-16-11-7-4-8-12-16/h3-12,17,19H,13-14H2,1-2H3/t17-/m0/s1. The van der Waals surface area contributed by atoms with E-state index in [-0.39, 0.29) is 11.9 Å². The van der Waals surface area contributed by atoms with Crippen LogP contribution in [0.5, 0.6) is 0 Å². The highest BCUT2D eigenvalue weighted by molar-refractivity contribution is 5.81. The Bertz CT molecular complexity index is 572. The minimum atomic E-state index is -0.326. The third-order valence-corrected chi connectivity index (χ3v) is 3.56. The highest BCUT2D eigenvalue weighted by atomic mass is 16.7. The summed E-state index contributed by atoms with van der Waals surface area (Å²) in [7, 11) is 3.12. The van der Waals surface area contributed by atoms with Crippen LogP contribution in [-0.4, -0.2) is 31.2 Å². The number of hydrogen-bond donors (Lipinski definition) is 1. The zero-order valence-corrected chi connectivity index (χ0v) is 13.0. The lowest BCUT2D eigenvalue weighted by atomic mass is 10.0. The summed E-state index contributed by atoms with van der Waals surface area (Å²) < 4.78 is 0. The summed E-state index contributed by atoms with van der Waals surface area (Å²) in [5.74, 6) is -0.0812. The maximum Gasteiger partial charge on any atom is 0.263 e. The van der Waals surface area contributed by atoms with Crippen molar-refractivity contribution < 1.29 is 9.63 Å². The Hall–Kier alpha value is -2.17. The summed E-state index contributed by atoms with van der Waals surface area (Å²) in [6, 6.07) is 19.7. The maximum atomic E-state index is 12.4. The number of hydroxylamine groups is 2. The maximum absolute atomic E-state index is 12.4. The average molecular weight is 298 g/mol. The zero-order valence-electron chi connectivity index (χ0n) is 13.0. The Morgan fingerprint density at radius 3 is 2.14 bits per heavy atom. The van der Waals surface area contributed by atoms with Crippen molar-refractivity contribution >= 4 is 5.91 Å². The molecule has 116 valence electrons. The minimum Gasteiger partial charge on any atom is -0.301 e. The van der Waals surface area contributed by atoms with Crippen LogP contribution in [0.2, 0.25) is 0 Å². The summed E-state index contributed by atoms with van der Waals surface area (Å²) >= 11 is 0. The van der Waals surface area contributed by atoms with E-state index in [9.17, 15) is 4.79 Å². The van der Waals surface area contributed by atoms with Crippen LogP contribution in [0.1, 0.15) is 11.1 Å². The van der Waals surface area contributed by atoms with Crippen LogP contribution >= 0.6 is 0 Å². The van der Waals surface area contributed by atoms with Gasteiger partial charge >= 0.3 is 0 Å². The Morgan fingerprint density at radius 1 is 1.05 bits per heavy atom. The molecular weight excluding hydrogens is 276 g/mol. The molecule has 2 aromatic carbocycles. The molecule has 0 aromatic heterocycles. The molecular formula is C18H22N2O2. The molecule has 22 heavy (non-hydrogen) atoms. The fourth-order valence-corrected chi connectivity index (χ4v) is 2.24. The van der Waals surface area contributed by atoms with Crippen LogP contribution in [0.3, 0.4) is 0 Å². The number of amides is 1. The molecule has 1 N–H and O–H groups in total. The second-order valence-electron chi connectivity index (χ2n) is 5.13. The van der Waals surface area contributed by atoms with E-state index in [1.807, 2.05) is 60.7 Å². The van der Waals surface area contributed by atoms with Gasteiger partial charge in [-0.1, -0.05) is 60.7 Å². The van der Waals surface area contributed by atoms with Gasteiger partial charge in [0.25, 0.3) is 5.91 Å². The second-order valence-corrected chi connectivity index (χ2v) is 5.13. The highest BCUT2D eigenvalue weighted by Gasteiger charge is 2.22. The van der Waals surface area contributed by atoms with Gasteiger partial charge in [-0.15, -0.1) is 0 Å². The fraction of sp³-hybridized carbons (Fsp3) is 0.278. The number of likely N-dealkylation sites (N-methyl/N-ethyl adjacent to an activating group) is 1. The van der Waals surface area contributed by atoms with Gasteiger partial charge in [0.2, 0.25) is 0 Å². The summed E-state index contributed by atoms with van der Waals surface area (Å²) in [5.41, 5.74) is 2.26. The molecule has 0 unspecified atom stereocenters. The van der Waals surface area contributed by atoms with E-state index >= 15 is 0 Å². The monoisotopic (exact) mass is 298 g/mol. The van der Waals surface area contributed by atoms with Crippen molar-refractivity contribution in [2.24, 2.45) is 0 Å². The van der Waals surface area contributed by atoms with E-state index in [0.717, 1.165) is 11.1 Å². The van der Waals surface area contributed by atoms with E-state index in [1.54, 1.807) is 7.05 Å². The first kappa shape index (κ1) is 16.2. The molecule has 0 aliphatic carbocycles. The van der Waals surface area contributed by atoms with Gasteiger partial charge in [-0.2, -0.15) is 0 Å². The zero-order chi connectivity index (χ0) is 15.8. The molecule has 2 aromatic rings. The number of carbonyl (C=O) groups is 1. The number of nitrogens with zero attached hydrogens (tertiary/aromatic N) is 1. The van der Waals surface area contributed by atoms with Gasteiger partial charge < -0.3 is 5.32 Å². The summed E-state index contributed by atoms with van der Waals surface area (Å²) in [4.78, 5) is 17.5. The molecule has 0 radical (unpaired) electrons. The van der Waals surface area contributed by atoms with Gasteiger partial charge in [-0.3, -0.25) is 9.63 Å². The van der Waals surface area contributed by atoms with Crippen molar-refractivity contribution in [3.63, 3.8) is 0 Å². The lowest BCUT2D eigenvalue weighted by Gasteiger charge is -2.23. The minimum absolute atomic E-state index is 0.0812. The van der Waals surface area contributed by atoms with E-state index in [0.29, 0.717) is 13.0 Å². The first-order valence-electron chi connectivity index (χ1n) is 7.33.